The van der Waals surface area contributed by atoms with Crippen molar-refractivity contribution in [3.8, 4) is 0 Å². The summed E-state index contributed by atoms with van der Waals surface area (Å²) in [4.78, 5) is 16.9. The highest BCUT2D eigenvalue weighted by atomic mass is 16.3. The minimum Gasteiger partial charge on any atom is -0.451 e. The standard InChI is InChI=1S/C18H18N4O2/c23-18(17-9-12-3-1-2-4-16(12)24-17)21-13-5-6-14(21)11-15(10-13)22-19-7-8-20-22/h1-4,7-9,13-15H,5-6,10-11H2. The average Bonchev–Trinajstić information content (AvgIpc) is 3.32. The molecule has 0 radical (unpaired) electrons. The molecule has 0 N–H and O–H groups in total. The van der Waals surface area contributed by atoms with E-state index in [1.165, 1.54) is 0 Å². The van der Waals surface area contributed by atoms with Crippen molar-refractivity contribution in [3.63, 3.8) is 0 Å². The second kappa shape index (κ2) is 5.19. The van der Waals surface area contributed by atoms with E-state index < -0.39 is 0 Å². The van der Waals surface area contributed by atoms with E-state index in [4.69, 9.17) is 4.42 Å². The number of nitrogens with zero attached hydrogens (tertiary/aromatic N) is 4. The number of aromatic nitrogens is 3. The summed E-state index contributed by atoms with van der Waals surface area (Å²) in [5.74, 6) is 0.467. The van der Waals surface area contributed by atoms with E-state index >= 15 is 0 Å². The van der Waals surface area contributed by atoms with Crippen LogP contribution in [-0.4, -0.2) is 37.9 Å². The van der Waals surface area contributed by atoms with E-state index in [2.05, 4.69) is 10.2 Å². The van der Waals surface area contributed by atoms with Crippen LogP contribution in [0.2, 0.25) is 0 Å². The van der Waals surface area contributed by atoms with Gasteiger partial charge in [0.1, 0.15) is 5.58 Å². The molecule has 6 nitrogen and oxygen atoms in total. The van der Waals surface area contributed by atoms with Crippen molar-refractivity contribution in [2.24, 2.45) is 0 Å². The summed E-state index contributed by atoms with van der Waals surface area (Å²) in [7, 11) is 0. The van der Waals surface area contributed by atoms with Gasteiger partial charge in [-0.3, -0.25) is 4.79 Å². The predicted octanol–water partition coefficient (Wildman–Crippen LogP) is 3.03. The molecule has 4 heterocycles. The smallest absolute Gasteiger partial charge is 0.290 e. The fourth-order valence-corrected chi connectivity index (χ4v) is 4.30. The fourth-order valence-electron chi connectivity index (χ4n) is 4.30. The normalized spacial score (nSPS) is 26.2. The minimum atomic E-state index is 0.0191. The van der Waals surface area contributed by atoms with Crippen molar-refractivity contribution < 1.29 is 9.21 Å². The molecule has 2 saturated heterocycles. The third kappa shape index (κ3) is 2.06. The largest absolute Gasteiger partial charge is 0.451 e. The molecule has 122 valence electrons. The van der Waals surface area contributed by atoms with E-state index in [0.717, 1.165) is 36.7 Å². The molecule has 24 heavy (non-hydrogen) atoms. The molecule has 2 aromatic heterocycles. The van der Waals surface area contributed by atoms with Crippen LogP contribution in [0.3, 0.4) is 0 Å². The van der Waals surface area contributed by atoms with Crippen LogP contribution in [-0.2, 0) is 0 Å². The highest BCUT2D eigenvalue weighted by Crippen LogP contribution is 2.41. The molecular formula is C18H18N4O2. The van der Waals surface area contributed by atoms with Gasteiger partial charge < -0.3 is 9.32 Å². The lowest BCUT2D eigenvalue weighted by Crippen LogP contribution is -2.47. The third-order valence-corrected chi connectivity index (χ3v) is 5.34. The maximum absolute atomic E-state index is 13.0. The highest BCUT2D eigenvalue weighted by Gasteiger charge is 2.45. The lowest BCUT2D eigenvalue weighted by molar-refractivity contribution is 0.0483. The van der Waals surface area contributed by atoms with Gasteiger partial charge in [0.2, 0.25) is 0 Å². The molecule has 0 aliphatic carbocycles. The zero-order valence-electron chi connectivity index (χ0n) is 13.2. The number of carbonyl (C=O) groups excluding carboxylic acids is 1. The van der Waals surface area contributed by atoms with Crippen molar-refractivity contribution in [2.75, 3.05) is 0 Å². The zero-order valence-corrected chi connectivity index (χ0v) is 13.2. The Morgan fingerprint density at radius 1 is 1.04 bits per heavy atom. The first kappa shape index (κ1) is 13.8. The molecule has 3 aromatic rings. The molecule has 2 aliphatic rings. The summed E-state index contributed by atoms with van der Waals surface area (Å²) in [6.07, 6.45) is 7.36. The fraction of sp³-hybridized carbons (Fsp3) is 0.389. The Bertz CT molecular complexity index is 838. The van der Waals surface area contributed by atoms with Crippen LogP contribution in [0.4, 0.5) is 0 Å². The minimum absolute atomic E-state index is 0.0191. The van der Waals surface area contributed by atoms with Crippen LogP contribution in [0.25, 0.3) is 11.0 Å². The van der Waals surface area contributed by atoms with E-state index in [1.807, 2.05) is 35.2 Å². The zero-order chi connectivity index (χ0) is 16.1. The number of carbonyl (C=O) groups is 1. The highest BCUT2D eigenvalue weighted by molar-refractivity contribution is 5.96. The van der Waals surface area contributed by atoms with Crippen LogP contribution in [0.15, 0.2) is 47.1 Å². The van der Waals surface area contributed by atoms with Gasteiger partial charge in [-0.05, 0) is 37.8 Å². The van der Waals surface area contributed by atoms with Crippen LogP contribution in [0, 0.1) is 0 Å². The lowest BCUT2D eigenvalue weighted by Gasteiger charge is -2.38. The second-order valence-corrected chi connectivity index (χ2v) is 6.72. The van der Waals surface area contributed by atoms with Crippen LogP contribution in [0.5, 0.6) is 0 Å². The van der Waals surface area contributed by atoms with E-state index in [1.54, 1.807) is 17.2 Å². The van der Waals surface area contributed by atoms with Crippen LogP contribution >= 0.6 is 0 Å². The summed E-state index contributed by atoms with van der Waals surface area (Å²) in [6.45, 7) is 0. The molecule has 2 fully saturated rings. The SMILES string of the molecule is O=C(c1cc2ccccc2o1)N1C2CCC1CC(n1nccn1)C2. The predicted molar refractivity (Wildman–Crippen MR) is 87.5 cm³/mol. The molecule has 1 aromatic carbocycles. The molecule has 5 rings (SSSR count). The number of hydrogen-bond donors (Lipinski definition) is 0. The van der Waals surface area contributed by atoms with Gasteiger partial charge in [-0.25, -0.2) is 0 Å². The summed E-state index contributed by atoms with van der Waals surface area (Å²) in [5, 5.41) is 9.53. The number of benzene rings is 1. The molecule has 1 amide bonds. The molecule has 2 bridgehead atoms. The van der Waals surface area contributed by atoms with Crippen LogP contribution in [0.1, 0.15) is 42.3 Å². The lowest BCUT2D eigenvalue weighted by atomic mass is 9.97. The monoisotopic (exact) mass is 322 g/mol. The average molecular weight is 322 g/mol. The molecule has 0 spiro atoms. The van der Waals surface area contributed by atoms with Crippen molar-refractivity contribution >= 4 is 16.9 Å². The van der Waals surface area contributed by atoms with E-state index in [0.29, 0.717) is 5.76 Å². The Labute approximate surface area is 139 Å². The van der Waals surface area contributed by atoms with Crippen molar-refractivity contribution in [1.29, 1.82) is 0 Å². The van der Waals surface area contributed by atoms with Gasteiger partial charge in [0.15, 0.2) is 5.76 Å². The van der Waals surface area contributed by atoms with E-state index in [9.17, 15) is 4.79 Å². The Hall–Kier alpha value is -2.63. The Kier molecular flexibility index (Phi) is 2.98. The summed E-state index contributed by atoms with van der Waals surface area (Å²) in [5.41, 5.74) is 0.767. The molecule has 0 saturated carbocycles. The third-order valence-electron chi connectivity index (χ3n) is 5.34. The number of piperidine rings is 1. The second-order valence-electron chi connectivity index (χ2n) is 6.72. The number of furan rings is 1. The van der Waals surface area contributed by atoms with Gasteiger partial charge in [-0.15, -0.1) is 0 Å². The molecule has 2 atom stereocenters. The number of rotatable bonds is 2. The molecule has 2 unspecified atom stereocenters. The Balaban J connectivity index is 1.42. The van der Waals surface area contributed by atoms with Gasteiger partial charge in [0.25, 0.3) is 5.91 Å². The van der Waals surface area contributed by atoms with Gasteiger partial charge in [0, 0.05) is 17.5 Å². The summed E-state index contributed by atoms with van der Waals surface area (Å²) >= 11 is 0. The molecular weight excluding hydrogens is 304 g/mol. The number of para-hydroxylation sites is 1. The topological polar surface area (TPSA) is 64.2 Å². The van der Waals surface area contributed by atoms with E-state index in [-0.39, 0.29) is 24.0 Å². The maximum Gasteiger partial charge on any atom is 0.290 e. The Morgan fingerprint density at radius 3 is 2.46 bits per heavy atom. The van der Waals surface area contributed by atoms with Gasteiger partial charge in [-0.2, -0.15) is 15.0 Å². The molecule has 2 aliphatic heterocycles. The summed E-state index contributed by atoms with van der Waals surface area (Å²) in [6, 6.07) is 10.4. The van der Waals surface area contributed by atoms with Crippen molar-refractivity contribution in [3.05, 3.63) is 48.5 Å². The number of fused-ring (bicyclic) bond motifs is 3. The van der Waals surface area contributed by atoms with Crippen molar-refractivity contribution in [1.82, 2.24) is 19.9 Å². The van der Waals surface area contributed by atoms with Crippen molar-refractivity contribution in [2.45, 2.75) is 43.8 Å². The summed E-state index contributed by atoms with van der Waals surface area (Å²) < 4.78 is 5.79. The van der Waals surface area contributed by atoms with Gasteiger partial charge in [-0.1, -0.05) is 18.2 Å². The molecule has 6 heteroatoms. The number of hydrogen-bond acceptors (Lipinski definition) is 4. The van der Waals surface area contributed by atoms with Gasteiger partial charge >= 0.3 is 0 Å². The first-order chi connectivity index (χ1) is 11.8. The number of amides is 1. The quantitative estimate of drug-likeness (QED) is 0.727. The first-order valence-electron chi connectivity index (χ1n) is 8.46. The maximum atomic E-state index is 13.0. The van der Waals surface area contributed by atoms with Crippen LogP contribution < -0.4 is 0 Å². The first-order valence-corrected chi connectivity index (χ1v) is 8.46. The Morgan fingerprint density at radius 2 is 1.75 bits per heavy atom. The van der Waals surface area contributed by atoms with Gasteiger partial charge in [0.05, 0.1) is 18.4 Å².